The van der Waals surface area contributed by atoms with Crippen LogP contribution in [0.5, 0.6) is 17.2 Å². The van der Waals surface area contributed by atoms with E-state index in [0.717, 1.165) is 28.7 Å². The summed E-state index contributed by atoms with van der Waals surface area (Å²) in [4.78, 5) is 15.5. The van der Waals surface area contributed by atoms with Gasteiger partial charge in [-0.1, -0.05) is 26.0 Å². The Balaban J connectivity index is 1.81. The van der Waals surface area contributed by atoms with Crippen LogP contribution in [0.2, 0.25) is 0 Å². The van der Waals surface area contributed by atoms with Crippen LogP contribution in [0, 0.1) is 19.8 Å². The minimum atomic E-state index is -0.410. The van der Waals surface area contributed by atoms with Gasteiger partial charge < -0.3 is 24.2 Å². The van der Waals surface area contributed by atoms with E-state index in [1.807, 2.05) is 49.9 Å². The lowest BCUT2D eigenvalue weighted by Crippen LogP contribution is -2.31. The average Bonchev–Trinajstić information content (AvgIpc) is 3.39. The molecule has 3 aromatic rings. The number of hydrogen-bond donors (Lipinski definition) is 2. The summed E-state index contributed by atoms with van der Waals surface area (Å²) >= 11 is 0. The minimum Gasteiger partial charge on any atom is -0.507 e. The van der Waals surface area contributed by atoms with Crippen molar-refractivity contribution in [2.24, 2.45) is 5.92 Å². The number of phenolic OH excluding ortho intramolecular Hbond substituents is 1. The van der Waals surface area contributed by atoms with Crippen molar-refractivity contribution in [3.05, 3.63) is 58.3 Å². The number of ether oxygens (including phenoxy) is 3. The summed E-state index contributed by atoms with van der Waals surface area (Å²) in [5, 5.41) is 18.4. The maximum Gasteiger partial charge on any atom is 0.273 e. The number of aromatic nitrogens is 2. The Hall–Kier alpha value is -3.52. The van der Waals surface area contributed by atoms with Crippen molar-refractivity contribution in [3.8, 4) is 28.5 Å². The molecule has 8 heteroatoms. The highest BCUT2D eigenvalue weighted by Crippen LogP contribution is 2.47. The topological polar surface area (TPSA) is 96.9 Å². The molecule has 1 atom stereocenters. The molecule has 0 radical (unpaired) electrons. The van der Waals surface area contributed by atoms with Crippen LogP contribution < -0.4 is 9.47 Å². The molecule has 2 N–H and O–H groups in total. The summed E-state index contributed by atoms with van der Waals surface area (Å²) in [5.74, 6) is 1.88. The number of methoxy groups -OCH3 is 1. The molecular weight excluding hydrogens is 482 g/mol. The molecule has 2 heterocycles. The van der Waals surface area contributed by atoms with Crippen LogP contribution in [0.3, 0.4) is 0 Å². The van der Waals surface area contributed by atoms with E-state index in [2.05, 4.69) is 24.0 Å². The third-order valence-corrected chi connectivity index (χ3v) is 6.84. The van der Waals surface area contributed by atoms with Crippen LogP contribution in [0.15, 0.2) is 30.3 Å². The van der Waals surface area contributed by atoms with Gasteiger partial charge in [-0.15, -0.1) is 0 Å². The van der Waals surface area contributed by atoms with E-state index in [1.165, 1.54) is 0 Å². The molecule has 204 valence electrons. The third-order valence-electron chi connectivity index (χ3n) is 6.84. The van der Waals surface area contributed by atoms with Crippen molar-refractivity contribution in [2.45, 2.75) is 53.5 Å². The van der Waals surface area contributed by atoms with E-state index in [9.17, 15) is 9.90 Å². The molecule has 1 amide bonds. The van der Waals surface area contributed by atoms with Crippen LogP contribution >= 0.6 is 0 Å². The molecule has 1 aliphatic heterocycles. The molecule has 2 aromatic carbocycles. The first-order valence-corrected chi connectivity index (χ1v) is 13.3. The normalized spacial score (nSPS) is 14.9. The highest BCUT2D eigenvalue weighted by molar-refractivity contribution is 6.00. The van der Waals surface area contributed by atoms with E-state index in [0.29, 0.717) is 67.2 Å². The minimum absolute atomic E-state index is 0.126. The quantitative estimate of drug-likeness (QED) is 0.292. The fraction of sp³-hybridized carbons (Fsp3) is 0.467. The van der Waals surface area contributed by atoms with E-state index in [-0.39, 0.29) is 11.7 Å². The fourth-order valence-corrected chi connectivity index (χ4v) is 5.08. The first-order chi connectivity index (χ1) is 18.3. The van der Waals surface area contributed by atoms with Gasteiger partial charge in [0.15, 0.2) is 11.5 Å². The van der Waals surface area contributed by atoms with Gasteiger partial charge in [0.05, 0.1) is 19.3 Å². The number of phenols is 1. The van der Waals surface area contributed by atoms with Crippen molar-refractivity contribution in [3.63, 3.8) is 0 Å². The lowest BCUT2D eigenvalue weighted by atomic mass is 9.93. The first kappa shape index (κ1) is 27.5. The van der Waals surface area contributed by atoms with Crippen LogP contribution in [-0.4, -0.2) is 59.6 Å². The highest BCUT2D eigenvalue weighted by Gasteiger charge is 2.42. The molecule has 1 unspecified atom stereocenters. The van der Waals surface area contributed by atoms with Crippen molar-refractivity contribution >= 4 is 5.91 Å². The average molecular weight is 522 g/mol. The molecule has 0 saturated carbocycles. The Morgan fingerprint density at radius 1 is 1.11 bits per heavy atom. The molecular formula is C30H39N3O5. The summed E-state index contributed by atoms with van der Waals surface area (Å²) in [6, 6.07) is 9.19. The Morgan fingerprint density at radius 3 is 2.58 bits per heavy atom. The van der Waals surface area contributed by atoms with E-state index >= 15 is 0 Å². The summed E-state index contributed by atoms with van der Waals surface area (Å²) in [6.07, 6.45) is 1.63. The molecule has 8 nitrogen and oxygen atoms in total. The number of nitrogens with zero attached hydrogens (tertiary/aromatic N) is 2. The van der Waals surface area contributed by atoms with Crippen LogP contribution in [0.1, 0.15) is 72.4 Å². The number of fused-ring (bicyclic) bond motifs is 1. The molecule has 0 spiro atoms. The second-order valence-electron chi connectivity index (χ2n) is 10.3. The van der Waals surface area contributed by atoms with E-state index < -0.39 is 6.04 Å². The van der Waals surface area contributed by atoms with Gasteiger partial charge in [-0.05, 0) is 74.4 Å². The number of aryl methyl sites for hydroxylation is 2. The maximum atomic E-state index is 13.6. The zero-order chi connectivity index (χ0) is 27.4. The largest absolute Gasteiger partial charge is 0.507 e. The van der Waals surface area contributed by atoms with Gasteiger partial charge in [0.25, 0.3) is 5.91 Å². The van der Waals surface area contributed by atoms with Gasteiger partial charge in [-0.2, -0.15) is 5.10 Å². The predicted octanol–water partition coefficient (Wildman–Crippen LogP) is 5.80. The standard InChI is InChI=1S/C30H39N3O5/c1-7-37-24-17-21(9-10-23(24)38-14-11-18(2)3)29-26-27(25-20(5)15-19(4)16-22(25)34)31-32-28(26)30(35)33(29)12-8-13-36-6/h9-10,15-18,29,34H,7-8,11-14H2,1-6H3,(H,31,32). The number of benzene rings is 2. The predicted molar refractivity (Wildman–Crippen MR) is 147 cm³/mol. The smallest absolute Gasteiger partial charge is 0.273 e. The number of amides is 1. The number of carbonyl (C=O) groups is 1. The van der Waals surface area contributed by atoms with Gasteiger partial charge in [-0.3, -0.25) is 9.89 Å². The maximum absolute atomic E-state index is 13.6. The molecule has 1 aliphatic rings. The summed E-state index contributed by atoms with van der Waals surface area (Å²) < 4.78 is 17.3. The SMILES string of the molecule is CCOc1cc(C2c3c(-c4c(C)cc(C)cc4O)n[nH]c3C(=O)N2CCCOC)ccc1OCCC(C)C. The highest BCUT2D eigenvalue weighted by atomic mass is 16.5. The Bertz CT molecular complexity index is 1260. The number of hydrogen-bond acceptors (Lipinski definition) is 6. The van der Waals surface area contributed by atoms with Crippen molar-refractivity contribution in [1.82, 2.24) is 15.1 Å². The monoisotopic (exact) mass is 521 g/mol. The second kappa shape index (κ2) is 11.9. The Kier molecular flexibility index (Phi) is 8.62. The van der Waals surface area contributed by atoms with Crippen LogP contribution in [0.25, 0.3) is 11.3 Å². The molecule has 0 aliphatic carbocycles. The number of aromatic amines is 1. The Morgan fingerprint density at radius 2 is 1.89 bits per heavy atom. The molecule has 38 heavy (non-hydrogen) atoms. The first-order valence-electron chi connectivity index (χ1n) is 13.3. The van der Waals surface area contributed by atoms with E-state index in [1.54, 1.807) is 13.2 Å². The van der Waals surface area contributed by atoms with Crippen molar-refractivity contribution in [1.29, 1.82) is 0 Å². The van der Waals surface area contributed by atoms with Crippen molar-refractivity contribution in [2.75, 3.05) is 33.5 Å². The number of rotatable bonds is 12. The zero-order valence-electron chi connectivity index (χ0n) is 23.3. The number of carbonyl (C=O) groups excluding carboxylic acids is 1. The number of aromatic hydroxyl groups is 1. The van der Waals surface area contributed by atoms with E-state index in [4.69, 9.17) is 14.2 Å². The molecule has 0 fully saturated rings. The third kappa shape index (κ3) is 5.50. The van der Waals surface area contributed by atoms with Gasteiger partial charge in [-0.25, -0.2) is 0 Å². The fourth-order valence-electron chi connectivity index (χ4n) is 5.08. The molecule has 0 bridgehead atoms. The summed E-state index contributed by atoms with van der Waals surface area (Å²) in [6.45, 7) is 12.3. The summed E-state index contributed by atoms with van der Waals surface area (Å²) in [5.41, 5.74) is 5.15. The van der Waals surface area contributed by atoms with Crippen molar-refractivity contribution < 1.29 is 24.1 Å². The summed E-state index contributed by atoms with van der Waals surface area (Å²) in [7, 11) is 1.66. The van der Waals surface area contributed by atoms with Gasteiger partial charge in [0.2, 0.25) is 0 Å². The van der Waals surface area contributed by atoms with Crippen LogP contribution in [-0.2, 0) is 4.74 Å². The van der Waals surface area contributed by atoms with Crippen LogP contribution in [0.4, 0.5) is 0 Å². The van der Waals surface area contributed by atoms with Gasteiger partial charge in [0, 0.05) is 31.4 Å². The Labute approximate surface area is 224 Å². The zero-order valence-corrected chi connectivity index (χ0v) is 23.3. The second-order valence-corrected chi connectivity index (χ2v) is 10.3. The van der Waals surface area contributed by atoms with Gasteiger partial charge in [0.1, 0.15) is 17.1 Å². The van der Waals surface area contributed by atoms with Gasteiger partial charge >= 0.3 is 0 Å². The lowest BCUT2D eigenvalue weighted by molar-refractivity contribution is 0.0723. The molecule has 0 saturated heterocycles. The lowest BCUT2D eigenvalue weighted by Gasteiger charge is -2.27. The molecule has 1 aromatic heterocycles. The number of nitrogens with one attached hydrogen (secondary N) is 1. The number of H-pyrrole nitrogens is 1. The molecule has 4 rings (SSSR count).